The van der Waals surface area contributed by atoms with E-state index in [1.807, 2.05) is 35.7 Å². The number of rotatable bonds is 5. The van der Waals surface area contributed by atoms with Gasteiger partial charge < -0.3 is 20.4 Å². The standard InChI is InChI=1S/C23H24FN3OS.2C2HF3O2/c1-17-15-27(12-11-26(17)16-18-4-2-5-19(24)14-18)21-9-7-20(8-10-21)25-23(28)22-6-3-13-29-22;2*3-2(4,5)1(6)7/h2-10,13-14,17H,11-12,15-16H2,1H3,(H,25,28);2*(H,6,7). The second kappa shape index (κ2) is 15.3. The Hall–Kier alpha value is -4.18. The van der Waals surface area contributed by atoms with E-state index >= 15 is 0 Å². The Labute approximate surface area is 245 Å². The minimum Gasteiger partial charge on any atom is -0.475 e. The number of carbonyl (C=O) groups is 3. The van der Waals surface area contributed by atoms with Crippen LogP contribution in [0.3, 0.4) is 0 Å². The number of piperazine rings is 1. The number of aliphatic carboxylic acids is 2. The van der Waals surface area contributed by atoms with Gasteiger partial charge in [-0.05, 0) is 60.3 Å². The van der Waals surface area contributed by atoms with Gasteiger partial charge in [-0.25, -0.2) is 14.0 Å². The van der Waals surface area contributed by atoms with E-state index in [1.54, 1.807) is 12.1 Å². The molecule has 1 atom stereocenters. The molecule has 1 amide bonds. The van der Waals surface area contributed by atoms with Crippen LogP contribution in [0.2, 0.25) is 0 Å². The topological polar surface area (TPSA) is 110 Å². The van der Waals surface area contributed by atoms with E-state index in [1.165, 1.54) is 17.4 Å². The average Bonchev–Trinajstić information content (AvgIpc) is 3.45. The van der Waals surface area contributed by atoms with Crippen molar-refractivity contribution < 1.29 is 55.3 Å². The van der Waals surface area contributed by atoms with Gasteiger partial charge in [0.05, 0.1) is 4.88 Å². The van der Waals surface area contributed by atoms with E-state index in [-0.39, 0.29) is 11.7 Å². The first-order chi connectivity index (χ1) is 20.0. The number of hydrogen-bond acceptors (Lipinski definition) is 6. The molecule has 0 saturated carbocycles. The lowest BCUT2D eigenvalue weighted by atomic mass is 10.1. The van der Waals surface area contributed by atoms with Gasteiger partial charge in [0.1, 0.15) is 5.82 Å². The molecular weight excluding hydrogens is 611 g/mol. The molecule has 3 aromatic rings. The quantitative estimate of drug-likeness (QED) is 0.290. The molecule has 0 aliphatic carbocycles. The molecule has 1 saturated heterocycles. The van der Waals surface area contributed by atoms with Crippen molar-refractivity contribution in [2.75, 3.05) is 29.9 Å². The summed E-state index contributed by atoms with van der Waals surface area (Å²) in [5.74, 6) is -5.77. The Balaban J connectivity index is 0.000000384. The highest BCUT2D eigenvalue weighted by atomic mass is 32.1. The van der Waals surface area contributed by atoms with Crippen LogP contribution in [0.15, 0.2) is 66.0 Å². The van der Waals surface area contributed by atoms with E-state index in [4.69, 9.17) is 19.8 Å². The van der Waals surface area contributed by atoms with Crippen LogP contribution < -0.4 is 10.2 Å². The summed E-state index contributed by atoms with van der Waals surface area (Å²) in [6.07, 6.45) is -10.2. The normalized spacial score (nSPS) is 15.3. The average molecular weight is 638 g/mol. The Morgan fingerprint density at radius 1 is 0.907 bits per heavy atom. The van der Waals surface area contributed by atoms with Gasteiger partial charge in [0, 0.05) is 43.6 Å². The molecule has 1 unspecified atom stereocenters. The maximum atomic E-state index is 13.4. The number of thiophene rings is 1. The largest absolute Gasteiger partial charge is 0.490 e. The summed E-state index contributed by atoms with van der Waals surface area (Å²) in [5.41, 5.74) is 2.96. The van der Waals surface area contributed by atoms with E-state index in [0.29, 0.717) is 10.9 Å². The monoisotopic (exact) mass is 637 g/mol. The van der Waals surface area contributed by atoms with Crippen molar-refractivity contribution in [1.82, 2.24) is 4.90 Å². The third-order valence-electron chi connectivity index (χ3n) is 5.76. The lowest BCUT2D eigenvalue weighted by molar-refractivity contribution is -0.193. The summed E-state index contributed by atoms with van der Waals surface area (Å²) in [6.45, 7) is 5.73. The predicted molar refractivity (Wildman–Crippen MR) is 145 cm³/mol. The van der Waals surface area contributed by atoms with E-state index in [0.717, 1.165) is 43.1 Å². The Kier molecular flexibility index (Phi) is 12.5. The highest BCUT2D eigenvalue weighted by Crippen LogP contribution is 2.23. The molecule has 0 radical (unpaired) electrons. The zero-order chi connectivity index (χ0) is 32.4. The summed E-state index contributed by atoms with van der Waals surface area (Å²) in [4.78, 5) is 35.4. The van der Waals surface area contributed by atoms with Crippen molar-refractivity contribution in [3.05, 3.63) is 82.3 Å². The van der Waals surface area contributed by atoms with Crippen molar-refractivity contribution in [3.63, 3.8) is 0 Å². The van der Waals surface area contributed by atoms with Crippen molar-refractivity contribution in [2.24, 2.45) is 0 Å². The lowest BCUT2D eigenvalue weighted by Crippen LogP contribution is -2.51. The first-order valence-corrected chi connectivity index (χ1v) is 13.1. The van der Waals surface area contributed by atoms with Crippen molar-refractivity contribution in [2.45, 2.75) is 31.9 Å². The summed E-state index contributed by atoms with van der Waals surface area (Å²) in [6, 6.07) is 18.9. The Morgan fingerprint density at radius 2 is 1.49 bits per heavy atom. The number of hydrogen-bond donors (Lipinski definition) is 3. The van der Waals surface area contributed by atoms with Crippen LogP contribution in [-0.2, 0) is 16.1 Å². The molecule has 234 valence electrons. The van der Waals surface area contributed by atoms with Gasteiger partial charge in [-0.1, -0.05) is 18.2 Å². The second-order valence-corrected chi connectivity index (χ2v) is 9.93. The first-order valence-electron chi connectivity index (χ1n) is 12.3. The molecule has 1 aliphatic rings. The number of carboxylic acid groups (broad SMARTS) is 2. The third-order valence-corrected chi connectivity index (χ3v) is 6.63. The summed E-state index contributed by atoms with van der Waals surface area (Å²) in [7, 11) is 0. The Morgan fingerprint density at radius 3 is 1.95 bits per heavy atom. The van der Waals surface area contributed by atoms with Crippen molar-refractivity contribution in [1.29, 1.82) is 0 Å². The smallest absolute Gasteiger partial charge is 0.475 e. The Bertz CT molecular complexity index is 1330. The van der Waals surface area contributed by atoms with Gasteiger partial charge in [0.2, 0.25) is 0 Å². The molecule has 3 N–H and O–H groups in total. The number of nitrogens with zero attached hydrogens (tertiary/aromatic N) is 2. The number of anilines is 2. The summed E-state index contributed by atoms with van der Waals surface area (Å²) < 4.78 is 76.9. The lowest BCUT2D eigenvalue weighted by Gasteiger charge is -2.41. The molecule has 2 heterocycles. The molecule has 2 aromatic carbocycles. The maximum Gasteiger partial charge on any atom is 0.490 e. The van der Waals surface area contributed by atoms with Crippen LogP contribution in [0.5, 0.6) is 0 Å². The van der Waals surface area contributed by atoms with Gasteiger partial charge in [0.25, 0.3) is 5.91 Å². The predicted octanol–water partition coefficient (Wildman–Crippen LogP) is 6.12. The number of carbonyl (C=O) groups excluding carboxylic acids is 1. The fraction of sp³-hybridized carbons (Fsp3) is 0.296. The van der Waals surface area contributed by atoms with E-state index < -0.39 is 24.3 Å². The van der Waals surface area contributed by atoms with Gasteiger partial charge in [0.15, 0.2) is 0 Å². The van der Waals surface area contributed by atoms with Gasteiger partial charge in [-0.2, -0.15) is 26.3 Å². The van der Waals surface area contributed by atoms with Crippen LogP contribution in [0.25, 0.3) is 0 Å². The van der Waals surface area contributed by atoms with Gasteiger partial charge in [-0.15, -0.1) is 11.3 Å². The molecule has 8 nitrogen and oxygen atoms in total. The number of alkyl halides is 6. The van der Waals surface area contributed by atoms with Crippen LogP contribution in [0.1, 0.15) is 22.2 Å². The SMILES string of the molecule is CC1CN(c2ccc(NC(=O)c3cccs3)cc2)CCN1Cc1cccc(F)c1.O=C(O)C(F)(F)F.O=C(O)C(F)(F)F. The molecule has 16 heteroatoms. The highest BCUT2D eigenvalue weighted by Gasteiger charge is 2.38. The number of amides is 1. The van der Waals surface area contributed by atoms with Crippen molar-refractivity contribution in [3.8, 4) is 0 Å². The van der Waals surface area contributed by atoms with Gasteiger partial charge in [-0.3, -0.25) is 9.69 Å². The highest BCUT2D eigenvalue weighted by molar-refractivity contribution is 7.12. The maximum absolute atomic E-state index is 13.4. The minimum atomic E-state index is -5.08. The molecule has 4 rings (SSSR count). The van der Waals surface area contributed by atoms with Crippen molar-refractivity contribution >= 4 is 40.6 Å². The fourth-order valence-corrected chi connectivity index (χ4v) is 4.31. The van der Waals surface area contributed by atoms with E-state index in [9.17, 15) is 35.5 Å². The fourth-order valence-electron chi connectivity index (χ4n) is 3.69. The number of halogens is 7. The summed E-state index contributed by atoms with van der Waals surface area (Å²) in [5, 5.41) is 19.1. The van der Waals surface area contributed by atoms with Crippen LogP contribution in [-0.4, -0.2) is 71.0 Å². The molecule has 1 fully saturated rings. The molecule has 43 heavy (non-hydrogen) atoms. The molecule has 1 aromatic heterocycles. The minimum absolute atomic E-state index is 0.0765. The number of carboxylic acids is 2. The number of nitrogens with one attached hydrogen (secondary N) is 1. The third kappa shape index (κ3) is 11.9. The van der Waals surface area contributed by atoms with Gasteiger partial charge >= 0.3 is 24.3 Å². The molecule has 0 spiro atoms. The van der Waals surface area contributed by atoms with Crippen LogP contribution >= 0.6 is 11.3 Å². The second-order valence-electron chi connectivity index (χ2n) is 8.98. The zero-order valence-electron chi connectivity index (χ0n) is 22.3. The molecular formula is C27H26F7N3O5S. The summed E-state index contributed by atoms with van der Waals surface area (Å²) >= 11 is 1.43. The zero-order valence-corrected chi connectivity index (χ0v) is 23.1. The molecule has 0 bridgehead atoms. The number of benzene rings is 2. The van der Waals surface area contributed by atoms with E-state index in [2.05, 4.69) is 34.2 Å². The van der Waals surface area contributed by atoms with Crippen LogP contribution in [0.4, 0.5) is 42.1 Å². The first kappa shape index (κ1) is 35.0. The van der Waals surface area contributed by atoms with Crippen LogP contribution in [0, 0.1) is 5.82 Å². The molecule has 1 aliphatic heterocycles.